The van der Waals surface area contributed by atoms with E-state index in [-0.39, 0.29) is 16.5 Å². The largest absolute Gasteiger partial charge is 0.460 e. The second kappa shape index (κ2) is 6.12. The third kappa shape index (κ3) is 3.25. The molecule has 5 atom stereocenters. The molecule has 1 aliphatic heterocycles. The number of benzene rings is 1. The summed E-state index contributed by atoms with van der Waals surface area (Å²) in [5, 5.41) is 39.6. The molecule has 3 N–H and O–H groups in total. The van der Waals surface area contributed by atoms with Crippen LogP contribution >= 0.6 is 11.6 Å². The van der Waals surface area contributed by atoms with Gasteiger partial charge in [0.1, 0.15) is 24.1 Å². The first-order valence-corrected chi connectivity index (χ1v) is 6.49. The number of non-ortho nitro benzene ring substituents is 1. The lowest BCUT2D eigenvalue weighted by Gasteiger charge is -2.38. The molecule has 9 heteroatoms. The van der Waals surface area contributed by atoms with Gasteiger partial charge in [-0.1, -0.05) is 11.6 Å². The third-order valence-corrected chi connectivity index (χ3v) is 3.47. The van der Waals surface area contributed by atoms with Crippen LogP contribution in [-0.4, -0.2) is 50.9 Å². The van der Waals surface area contributed by atoms with Gasteiger partial charge in [0, 0.05) is 12.1 Å². The number of nitrogens with zero attached hydrogens (tertiary/aromatic N) is 1. The number of aliphatic hydroxyl groups excluding tert-OH is 3. The van der Waals surface area contributed by atoms with E-state index in [1.54, 1.807) is 0 Å². The Morgan fingerprint density at radius 1 is 1.29 bits per heavy atom. The van der Waals surface area contributed by atoms with E-state index in [4.69, 9.17) is 21.1 Å². The minimum Gasteiger partial charge on any atom is -0.460 e. The summed E-state index contributed by atoms with van der Waals surface area (Å²) in [5.41, 5.74) is -0.207. The van der Waals surface area contributed by atoms with Gasteiger partial charge in [0.25, 0.3) is 5.69 Å². The van der Waals surface area contributed by atoms with E-state index in [1.807, 2.05) is 0 Å². The van der Waals surface area contributed by atoms with E-state index >= 15 is 0 Å². The molecule has 21 heavy (non-hydrogen) atoms. The highest BCUT2D eigenvalue weighted by atomic mass is 35.5. The van der Waals surface area contributed by atoms with Crippen LogP contribution < -0.4 is 4.74 Å². The van der Waals surface area contributed by atoms with Crippen LogP contribution in [0.1, 0.15) is 6.92 Å². The molecule has 0 amide bonds. The smallest absolute Gasteiger partial charge is 0.271 e. The van der Waals surface area contributed by atoms with Crippen molar-refractivity contribution in [3.8, 4) is 5.75 Å². The number of hydrogen-bond acceptors (Lipinski definition) is 7. The third-order valence-electron chi connectivity index (χ3n) is 3.18. The summed E-state index contributed by atoms with van der Waals surface area (Å²) < 4.78 is 10.6. The maximum atomic E-state index is 10.6. The number of nitro groups is 1. The fourth-order valence-electron chi connectivity index (χ4n) is 1.93. The van der Waals surface area contributed by atoms with Gasteiger partial charge in [0.05, 0.1) is 16.0 Å². The van der Waals surface area contributed by atoms with E-state index < -0.39 is 35.6 Å². The molecule has 1 aliphatic rings. The molecule has 0 aliphatic carbocycles. The maximum absolute atomic E-state index is 10.6. The number of aliphatic hydroxyl groups is 3. The van der Waals surface area contributed by atoms with Gasteiger partial charge in [-0.15, -0.1) is 0 Å². The maximum Gasteiger partial charge on any atom is 0.271 e. The molecule has 116 valence electrons. The minimum absolute atomic E-state index is 0.0340. The molecule has 1 heterocycles. The van der Waals surface area contributed by atoms with Crippen LogP contribution in [0.15, 0.2) is 18.2 Å². The van der Waals surface area contributed by atoms with Crippen molar-refractivity contribution in [1.29, 1.82) is 0 Å². The van der Waals surface area contributed by atoms with Gasteiger partial charge >= 0.3 is 0 Å². The highest BCUT2D eigenvalue weighted by molar-refractivity contribution is 6.32. The summed E-state index contributed by atoms with van der Waals surface area (Å²) >= 11 is 5.86. The number of nitro benzene ring substituents is 1. The van der Waals surface area contributed by atoms with E-state index in [2.05, 4.69) is 0 Å². The summed E-state index contributed by atoms with van der Waals surface area (Å²) in [6.07, 6.45) is -6.17. The van der Waals surface area contributed by atoms with E-state index in [9.17, 15) is 25.4 Å². The Labute approximate surface area is 124 Å². The molecule has 0 radical (unpaired) electrons. The van der Waals surface area contributed by atoms with Crippen molar-refractivity contribution in [2.45, 2.75) is 37.6 Å². The van der Waals surface area contributed by atoms with Crippen molar-refractivity contribution >= 4 is 17.3 Å². The fraction of sp³-hybridized carbons (Fsp3) is 0.500. The Hall–Kier alpha value is -1.45. The van der Waals surface area contributed by atoms with Gasteiger partial charge in [-0.2, -0.15) is 0 Å². The fourth-order valence-corrected chi connectivity index (χ4v) is 2.15. The average Bonchev–Trinajstić information content (AvgIpc) is 2.44. The Balaban J connectivity index is 2.16. The molecule has 1 aromatic rings. The first-order chi connectivity index (χ1) is 9.81. The monoisotopic (exact) mass is 319 g/mol. The zero-order valence-corrected chi connectivity index (χ0v) is 11.7. The molecule has 8 nitrogen and oxygen atoms in total. The highest BCUT2D eigenvalue weighted by Crippen LogP contribution is 2.31. The van der Waals surface area contributed by atoms with Crippen LogP contribution in [0.25, 0.3) is 0 Å². The van der Waals surface area contributed by atoms with Crippen LogP contribution in [0, 0.1) is 10.1 Å². The van der Waals surface area contributed by atoms with Crippen LogP contribution in [0.3, 0.4) is 0 Å². The zero-order chi connectivity index (χ0) is 15.7. The standard InChI is InChI=1S/C12H14ClNO7/c1-5-9(15)10(16)11(17)12(20-5)21-8-3-2-6(14(18)19)4-7(8)13/h2-5,9-12,15-17H,1H3. The molecular weight excluding hydrogens is 306 g/mol. The van der Waals surface area contributed by atoms with Gasteiger partial charge in [-0.05, 0) is 13.0 Å². The van der Waals surface area contributed by atoms with Crippen LogP contribution in [-0.2, 0) is 4.74 Å². The first-order valence-electron chi connectivity index (χ1n) is 6.11. The van der Waals surface area contributed by atoms with Crippen molar-refractivity contribution in [3.63, 3.8) is 0 Å². The Morgan fingerprint density at radius 3 is 2.52 bits per heavy atom. The molecule has 0 aromatic heterocycles. The Morgan fingerprint density at radius 2 is 1.95 bits per heavy atom. The van der Waals surface area contributed by atoms with Crippen molar-refractivity contribution < 1.29 is 29.7 Å². The summed E-state index contributed by atoms with van der Waals surface area (Å²) in [4.78, 5) is 10.0. The molecule has 5 unspecified atom stereocenters. The molecule has 1 aromatic carbocycles. The van der Waals surface area contributed by atoms with Crippen molar-refractivity contribution in [3.05, 3.63) is 33.3 Å². The van der Waals surface area contributed by atoms with E-state index in [1.165, 1.54) is 19.1 Å². The van der Waals surface area contributed by atoms with Crippen molar-refractivity contribution in [2.24, 2.45) is 0 Å². The first kappa shape index (κ1) is 15.9. The van der Waals surface area contributed by atoms with E-state index in [0.717, 1.165) is 6.07 Å². The summed E-state index contributed by atoms with van der Waals surface area (Å²) in [5.74, 6) is 0.0575. The predicted octanol–water partition coefficient (Wildman–Crippen LogP) is 0.454. The molecule has 1 saturated heterocycles. The second-order valence-corrected chi connectivity index (χ2v) is 5.08. The number of halogens is 1. The molecule has 0 spiro atoms. The topological polar surface area (TPSA) is 122 Å². The quantitative estimate of drug-likeness (QED) is 0.546. The molecule has 1 fully saturated rings. The lowest BCUT2D eigenvalue weighted by atomic mass is 10.00. The highest BCUT2D eigenvalue weighted by Gasteiger charge is 2.43. The SMILES string of the molecule is CC1OC(Oc2ccc([N+](=O)[O-])cc2Cl)C(O)C(O)C1O. The Bertz CT molecular complexity index is 540. The molecule has 0 bridgehead atoms. The average molecular weight is 320 g/mol. The van der Waals surface area contributed by atoms with Gasteiger partial charge in [-0.3, -0.25) is 10.1 Å². The minimum atomic E-state index is -1.48. The van der Waals surface area contributed by atoms with Gasteiger partial charge < -0.3 is 24.8 Å². The zero-order valence-electron chi connectivity index (χ0n) is 10.9. The van der Waals surface area contributed by atoms with Gasteiger partial charge in [-0.25, -0.2) is 0 Å². The summed E-state index contributed by atoms with van der Waals surface area (Å²) in [7, 11) is 0. The summed E-state index contributed by atoms with van der Waals surface area (Å²) in [6.45, 7) is 1.51. The van der Waals surface area contributed by atoms with Gasteiger partial charge in [0.2, 0.25) is 6.29 Å². The van der Waals surface area contributed by atoms with Crippen LogP contribution in [0.4, 0.5) is 5.69 Å². The van der Waals surface area contributed by atoms with Gasteiger partial charge in [0.15, 0.2) is 0 Å². The molecule has 0 saturated carbocycles. The Kier molecular flexibility index (Phi) is 4.64. The van der Waals surface area contributed by atoms with Crippen molar-refractivity contribution in [1.82, 2.24) is 0 Å². The lowest BCUT2D eigenvalue weighted by molar-refractivity contribution is -0.384. The summed E-state index contributed by atoms with van der Waals surface area (Å²) in [6, 6.07) is 3.55. The number of rotatable bonds is 3. The molecule has 2 rings (SSSR count). The van der Waals surface area contributed by atoms with Crippen LogP contribution in [0.2, 0.25) is 5.02 Å². The van der Waals surface area contributed by atoms with Crippen molar-refractivity contribution in [2.75, 3.05) is 0 Å². The molecular formula is C12H14ClNO7. The van der Waals surface area contributed by atoms with Crippen LogP contribution in [0.5, 0.6) is 5.75 Å². The number of ether oxygens (including phenoxy) is 2. The normalized spacial score (nSPS) is 32.7. The second-order valence-electron chi connectivity index (χ2n) is 4.67. The number of hydrogen-bond donors (Lipinski definition) is 3. The lowest BCUT2D eigenvalue weighted by Crippen LogP contribution is -2.58. The predicted molar refractivity (Wildman–Crippen MR) is 71.1 cm³/mol. The van der Waals surface area contributed by atoms with E-state index in [0.29, 0.717) is 0 Å².